The van der Waals surface area contributed by atoms with E-state index >= 15 is 0 Å². The number of rotatable bonds is 5. The van der Waals surface area contributed by atoms with E-state index in [1.54, 1.807) is 4.90 Å². The number of carbonyl (C=O) groups is 1. The van der Waals surface area contributed by atoms with E-state index < -0.39 is 0 Å². The van der Waals surface area contributed by atoms with E-state index in [0.717, 1.165) is 6.54 Å². The quantitative estimate of drug-likeness (QED) is 0.848. The Morgan fingerprint density at radius 2 is 1.95 bits per heavy atom. The topological polar surface area (TPSA) is 64.0 Å². The Kier molecular flexibility index (Phi) is 5.18. The van der Waals surface area contributed by atoms with Gasteiger partial charge in [0.25, 0.3) is 5.91 Å². The van der Waals surface area contributed by atoms with E-state index in [4.69, 9.17) is 0 Å². The van der Waals surface area contributed by atoms with Crippen molar-refractivity contribution in [2.75, 3.05) is 27.2 Å². The van der Waals surface area contributed by atoms with Crippen LogP contribution >= 0.6 is 0 Å². The highest BCUT2D eigenvalue weighted by molar-refractivity contribution is 5.97. The minimum Gasteiger partial charge on any atom is -0.508 e. The Labute approximate surface area is 114 Å². The van der Waals surface area contributed by atoms with Crippen LogP contribution in [0.4, 0.5) is 0 Å². The van der Waals surface area contributed by atoms with Crippen LogP contribution in [0.5, 0.6) is 11.5 Å². The second-order valence-electron chi connectivity index (χ2n) is 4.90. The molecule has 19 heavy (non-hydrogen) atoms. The van der Waals surface area contributed by atoms with E-state index in [2.05, 4.69) is 0 Å². The molecule has 0 aromatic heterocycles. The van der Waals surface area contributed by atoms with Crippen molar-refractivity contribution in [1.29, 1.82) is 0 Å². The summed E-state index contributed by atoms with van der Waals surface area (Å²) in [7, 11) is 3.90. The number of nitrogens with zero attached hydrogens (tertiary/aromatic N) is 2. The molecule has 1 amide bonds. The molecule has 1 rings (SSSR count). The maximum Gasteiger partial charge on any atom is 0.257 e. The van der Waals surface area contributed by atoms with Gasteiger partial charge in [-0.25, -0.2) is 0 Å². The fraction of sp³-hybridized carbons (Fsp3) is 0.500. The SMILES string of the molecule is CCN(C(=O)c1ccc(O)cc1O)C(C)CN(C)C. The summed E-state index contributed by atoms with van der Waals surface area (Å²) in [5, 5.41) is 19.0. The molecule has 1 aromatic carbocycles. The number of phenolic OH excluding ortho intramolecular Hbond substituents is 2. The molecule has 1 aromatic rings. The molecular weight excluding hydrogens is 244 g/mol. The molecule has 1 unspecified atom stereocenters. The van der Waals surface area contributed by atoms with Crippen molar-refractivity contribution in [3.05, 3.63) is 23.8 Å². The molecule has 0 bridgehead atoms. The standard InChI is InChI=1S/C14H22N2O3/c1-5-16(10(2)9-15(3)4)14(19)12-7-6-11(17)8-13(12)18/h6-8,10,17-18H,5,9H2,1-4H3. The first kappa shape index (κ1) is 15.3. The van der Waals surface area contributed by atoms with E-state index in [0.29, 0.717) is 6.54 Å². The van der Waals surface area contributed by atoms with Gasteiger partial charge in [-0.1, -0.05) is 0 Å². The molecule has 5 nitrogen and oxygen atoms in total. The van der Waals surface area contributed by atoms with Crippen molar-refractivity contribution >= 4 is 5.91 Å². The lowest BCUT2D eigenvalue weighted by atomic mass is 10.1. The van der Waals surface area contributed by atoms with Gasteiger partial charge in [0.05, 0.1) is 5.56 Å². The third-order valence-electron chi connectivity index (χ3n) is 2.97. The van der Waals surface area contributed by atoms with Gasteiger partial charge in [-0.15, -0.1) is 0 Å². The molecule has 0 aliphatic carbocycles. The Morgan fingerprint density at radius 1 is 1.32 bits per heavy atom. The molecule has 2 N–H and O–H groups in total. The number of hydrogen-bond donors (Lipinski definition) is 2. The largest absolute Gasteiger partial charge is 0.508 e. The maximum atomic E-state index is 12.4. The molecule has 106 valence electrons. The second kappa shape index (κ2) is 6.43. The van der Waals surface area contributed by atoms with E-state index in [1.165, 1.54) is 18.2 Å². The summed E-state index contributed by atoms with van der Waals surface area (Å²) in [6.45, 7) is 5.19. The highest BCUT2D eigenvalue weighted by Gasteiger charge is 2.22. The lowest BCUT2D eigenvalue weighted by Crippen LogP contribution is -2.43. The molecule has 1 atom stereocenters. The molecule has 0 aliphatic rings. The van der Waals surface area contributed by atoms with Crippen molar-refractivity contribution in [3.8, 4) is 11.5 Å². The summed E-state index contributed by atoms with van der Waals surface area (Å²) in [6.07, 6.45) is 0. The molecule has 0 heterocycles. The van der Waals surface area contributed by atoms with Crippen LogP contribution in [-0.2, 0) is 0 Å². The number of hydrogen-bond acceptors (Lipinski definition) is 4. The minimum absolute atomic E-state index is 0.0423. The summed E-state index contributed by atoms with van der Waals surface area (Å²) in [6, 6.07) is 4.06. The molecule has 0 radical (unpaired) electrons. The van der Waals surface area contributed by atoms with Gasteiger partial charge in [-0.05, 0) is 40.1 Å². The second-order valence-corrected chi connectivity index (χ2v) is 4.90. The smallest absolute Gasteiger partial charge is 0.257 e. The number of likely N-dealkylation sites (N-methyl/N-ethyl adjacent to an activating group) is 2. The Morgan fingerprint density at radius 3 is 2.42 bits per heavy atom. The summed E-state index contributed by atoms with van der Waals surface area (Å²) < 4.78 is 0. The molecule has 0 saturated carbocycles. The number of carbonyl (C=O) groups excluding carboxylic acids is 1. The third kappa shape index (κ3) is 3.86. The maximum absolute atomic E-state index is 12.4. The minimum atomic E-state index is -0.227. The van der Waals surface area contributed by atoms with Crippen LogP contribution in [0, 0.1) is 0 Å². The zero-order valence-electron chi connectivity index (χ0n) is 11.9. The number of phenols is 2. The number of amides is 1. The highest BCUT2D eigenvalue weighted by Crippen LogP contribution is 2.24. The molecule has 0 fully saturated rings. The third-order valence-corrected chi connectivity index (χ3v) is 2.97. The first-order chi connectivity index (χ1) is 8.86. The van der Waals surface area contributed by atoms with Crippen molar-refractivity contribution < 1.29 is 15.0 Å². The van der Waals surface area contributed by atoms with Crippen molar-refractivity contribution in [2.45, 2.75) is 19.9 Å². The zero-order chi connectivity index (χ0) is 14.6. The summed E-state index contributed by atoms with van der Waals surface area (Å²) in [4.78, 5) is 16.1. The predicted octanol–water partition coefficient (Wildman–Crippen LogP) is 1.51. The Bertz CT molecular complexity index is 446. The van der Waals surface area contributed by atoms with Gasteiger partial charge in [0.2, 0.25) is 0 Å². The van der Waals surface area contributed by atoms with Crippen LogP contribution in [0.15, 0.2) is 18.2 Å². The van der Waals surface area contributed by atoms with Crippen LogP contribution in [-0.4, -0.2) is 59.1 Å². The first-order valence-corrected chi connectivity index (χ1v) is 6.34. The van der Waals surface area contributed by atoms with Crippen LogP contribution < -0.4 is 0 Å². The molecule has 0 saturated heterocycles. The Hall–Kier alpha value is -1.75. The molecule has 0 spiro atoms. The first-order valence-electron chi connectivity index (χ1n) is 6.34. The van der Waals surface area contributed by atoms with Gasteiger partial charge in [0, 0.05) is 25.2 Å². The summed E-state index contributed by atoms with van der Waals surface area (Å²) >= 11 is 0. The van der Waals surface area contributed by atoms with Crippen molar-refractivity contribution in [1.82, 2.24) is 9.80 Å². The van der Waals surface area contributed by atoms with Gasteiger partial charge in [0.15, 0.2) is 0 Å². The summed E-state index contributed by atoms with van der Waals surface area (Å²) in [5.41, 5.74) is 0.213. The van der Waals surface area contributed by atoms with Crippen LogP contribution in [0.2, 0.25) is 0 Å². The van der Waals surface area contributed by atoms with Crippen molar-refractivity contribution in [3.63, 3.8) is 0 Å². The fourth-order valence-corrected chi connectivity index (χ4v) is 2.14. The normalized spacial score (nSPS) is 12.5. The fourth-order valence-electron chi connectivity index (χ4n) is 2.14. The Balaban J connectivity index is 2.95. The van der Waals surface area contributed by atoms with E-state index in [9.17, 15) is 15.0 Å². The molecule has 0 aliphatic heterocycles. The van der Waals surface area contributed by atoms with Gasteiger partial charge in [0.1, 0.15) is 11.5 Å². The van der Waals surface area contributed by atoms with Gasteiger partial charge in [-0.3, -0.25) is 4.79 Å². The van der Waals surface area contributed by atoms with Gasteiger partial charge < -0.3 is 20.0 Å². The van der Waals surface area contributed by atoms with Gasteiger partial charge >= 0.3 is 0 Å². The van der Waals surface area contributed by atoms with E-state index in [-0.39, 0.29) is 29.0 Å². The number of aromatic hydroxyl groups is 2. The monoisotopic (exact) mass is 266 g/mol. The molecular formula is C14H22N2O3. The lowest BCUT2D eigenvalue weighted by molar-refractivity contribution is 0.0676. The average molecular weight is 266 g/mol. The highest BCUT2D eigenvalue weighted by atomic mass is 16.3. The van der Waals surface area contributed by atoms with Crippen LogP contribution in [0.3, 0.4) is 0 Å². The van der Waals surface area contributed by atoms with Crippen molar-refractivity contribution in [2.24, 2.45) is 0 Å². The molecule has 5 heteroatoms. The van der Waals surface area contributed by atoms with Crippen LogP contribution in [0.25, 0.3) is 0 Å². The average Bonchev–Trinajstić information content (AvgIpc) is 2.28. The zero-order valence-corrected chi connectivity index (χ0v) is 11.9. The van der Waals surface area contributed by atoms with E-state index in [1.807, 2.05) is 32.8 Å². The van der Waals surface area contributed by atoms with Gasteiger partial charge in [-0.2, -0.15) is 0 Å². The number of benzene rings is 1. The predicted molar refractivity (Wildman–Crippen MR) is 74.5 cm³/mol. The lowest BCUT2D eigenvalue weighted by Gasteiger charge is -2.30. The summed E-state index contributed by atoms with van der Waals surface area (Å²) in [5.74, 6) is -0.478. The van der Waals surface area contributed by atoms with Crippen LogP contribution in [0.1, 0.15) is 24.2 Å².